The maximum Gasteiger partial charge on any atom is 0.134 e. The van der Waals surface area contributed by atoms with Crippen molar-refractivity contribution in [3.05, 3.63) is 0 Å². The molecule has 1 rings (SSSR count). The molecule has 46 valence electrons. The summed E-state index contributed by atoms with van der Waals surface area (Å²) in [5.41, 5.74) is 5.46. The van der Waals surface area contributed by atoms with Gasteiger partial charge in [0.05, 0.1) is 0 Å². The van der Waals surface area contributed by atoms with Gasteiger partial charge in [0.2, 0.25) is 0 Å². The van der Waals surface area contributed by atoms with E-state index in [1.807, 2.05) is 6.92 Å². The molecule has 0 saturated heterocycles. The van der Waals surface area contributed by atoms with Gasteiger partial charge in [-0.1, -0.05) is 0 Å². The second-order valence-electron chi connectivity index (χ2n) is 2.87. The van der Waals surface area contributed by atoms with Gasteiger partial charge in [-0.3, -0.25) is 4.79 Å². The molecule has 1 aliphatic carbocycles. The second-order valence-corrected chi connectivity index (χ2v) is 2.87. The molecule has 0 spiro atoms. The van der Waals surface area contributed by atoms with Crippen LogP contribution in [0.15, 0.2) is 0 Å². The summed E-state index contributed by atoms with van der Waals surface area (Å²) >= 11 is 0. The van der Waals surface area contributed by atoms with E-state index in [1.54, 1.807) is 0 Å². The highest BCUT2D eigenvalue weighted by molar-refractivity contribution is 5.82. The minimum Gasteiger partial charge on any atom is -0.325 e. The molecule has 1 unspecified atom stereocenters. The van der Waals surface area contributed by atoms with Crippen LogP contribution in [0.3, 0.4) is 0 Å². The molecular weight excluding hydrogens is 102 g/mol. The van der Waals surface area contributed by atoms with E-state index in [-0.39, 0.29) is 5.54 Å². The quantitative estimate of drug-likeness (QED) is 0.496. The van der Waals surface area contributed by atoms with E-state index in [1.165, 1.54) is 0 Å². The average Bonchev–Trinajstić information content (AvgIpc) is 1.82. The summed E-state index contributed by atoms with van der Waals surface area (Å²) in [6.45, 7) is 1.93. The van der Waals surface area contributed by atoms with Gasteiger partial charge in [0, 0.05) is 18.4 Å². The highest BCUT2D eigenvalue weighted by atomic mass is 16.1. The highest BCUT2D eigenvalue weighted by Gasteiger charge is 2.29. The Hall–Kier alpha value is -0.370. The largest absolute Gasteiger partial charge is 0.325 e. The SMILES string of the molecule is CC1(N)CCC(=O)C1. The summed E-state index contributed by atoms with van der Waals surface area (Å²) in [4.78, 5) is 10.6. The predicted octanol–water partition coefficient (Wildman–Crippen LogP) is 0.457. The minimum absolute atomic E-state index is 0.183. The molecule has 2 N–H and O–H groups in total. The zero-order valence-corrected chi connectivity index (χ0v) is 5.11. The number of nitrogens with two attached hydrogens (primary N) is 1. The van der Waals surface area contributed by atoms with Gasteiger partial charge < -0.3 is 5.73 Å². The van der Waals surface area contributed by atoms with Crippen LogP contribution < -0.4 is 5.73 Å². The first-order valence-corrected chi connectivity index (χ1v) is 2.91. The molecule has 2 heteroatoms. The van der Waals surface area contributed by atoms with Crippen molar-refractivity contribution in [1.82, 2.24) is 0 Å². The van der Waals surface area contributed by atoms with Crippen molar-refractivity contribution < 1.29 is 4.79 Å². The molecule has 0 aromatic heterocycles. The molecule has 0 bridgehead atoms. The third-order valence-electron chi connectivity index (χ3n) is 1.58. The fourth-order valence-corrected chi connectivity index (χ4v) is 1.05. The molecule has 1 aliphatic rings. The van der Waals surface area contributed by atoms with Gasteiger partial charge in [-0.05, 0) is 13.3 Å². The molecule has 0 heterocycles. The first-order chi connectivity index (χ1) is 3.60. The second kappa shape index (κ2) is 1.55. The van der Waals surface area contributed by atoms with E-state index < -0.39 is 0 Å². The van der Waals surface area contributed by atoms with Gasteiger partial charge in [0.15, 0.2) is 0 Å². The fourth-order valence-electron chi connectivity index (χ4n) is 1.05. The smallest absolute Gasteiger partial charge is 0.134 e. The van der Waals surface area contributed by atoms with Crippen LogP contribution in [0.4, 0.5) is 0 Å². The topological polar surface area (TPSA) is 43.1 Å². The van der Waals surface area contributed by atoms with Crippen LogP contribution in [0.25, 0.3) is 0 Å². The Morgan fingerprint density at radius 2 is 2.38 bits per heavy atom. The number of hydrogen-bond acceptors (Lipinski definition) is 2. The summed E-state index contributed by atoms with van der Waals surface area (Å²) < 4.78 is 0. The summed E-state index contributed by atoms with van der Waals surface area (Å²) in [6.07, 6.45) is 2.13. The van der Waals surface area contributed by atoms with Crippen LogP contribution >= 0.6 is 0 Å². The molecule has 0 aromatic rings. The lowest BCUT2D eigenvalue weighted by atomic mass is 10.0. The molecule has 0 amide bonds. The molecule has 0 radical (unpaired) electrons. The van der Waals surface area contributed by atoms with E-state index in [0.29, 0.717) is 18.6 Å². The number of rotatable bonds is 0. The Morgan fingerprint density at radius 3 is 2.50 bits per heavy atom. The molecule has 0 aliphatic heterocycles. The third-order valence-corrected chi connectivity index (χ3v) is 1.58. The predicted molar refractivity (Wildman–Crippen MR) is 31.5 cm³/mol. The molecule has 1 fully saturated rings. The molecular formula is C6H11NO. The summed E-state index contributed by atoms with van der Waals surface area (Å²) in [7, 11) is 0. The van der Waals surface area contributed by atoms with E-state index >= 15 is 0 Å². The zero-order chi connectivity index (χ0) is 6.20. The monoisotopic (exact) mass is 113 g/mol. The van der Waals surface area contributed by atoms with Crippen molar-refractivity contribution in [2.75, 3.05) is 0 Å². The number of Topliss-reactive ketones (excluding diaryl/α,β-unsaturated/α-hetero) is 1. The minimum atomic E-state index is -0.183. The van der Waals surface area contributed by atoms with Gasteiger partial charge >= 0.3 is 0 Å². The van der Waals surface area contributed by atoms with Crippen molar-refractivity contribution >= 4 is 5.78 Å². The Kier molecular flexibility index (Phi) is 1.12. The van der Waals surface area contributed by atoms with Crippen molar-refractivity contribution in [1.29, 1.82) is 0 Å². The maximum atomic E-state index is 10.6. The summed E-state index contributed by atoms with van der Waals surface area (Å²) in [5, 5.41) is 0. The first-order valence-electron chi connectivity index (χ1n) is 2.91. The average molecular weight is 113 g/mol. The standard InChI is InChI=1S/C6H11NO/c1-6(7)3-2-5(8)4-6/h2-4,7H2,1H3. The van der Waals surface area contributed by atoms with E-state index in [9.17, 15) is 4.79 Å². The Balaban J connectivity index is 2.56. The Morgan fingerprint density at radius 1 is 1.75 bits per heavy atom. The van der Waals surface area contributed by atoms with Crippen LogP contribution in [-0.2, 0) is 4.79 Å². The summed E-state index contributed by atoms with van der Waals surface area (Å²) in [5.74, 6) is 0.315. The molecule has 8 heavy (non-hydrogen) atoms. The van der Waals surface area contributed by atoms with Crippen molar-refractivity contribution in [3.8, 4) is 0 Å². The molecule has 1 atom stereocenters. The van der Waals surface area contributed by atoms with E-state index in [2.05, 4.69) is 0 Å². The highest BCUT2D eigenvalue weighted by Crippen LogP contribution is 2.22. The lowest BCUT2D eigenvalue weighted by molar-refractivity contribution is -0.117. The van der Waals surface area contributed by atoms with Crippen LogP contribution in [0.1, 0.15) is 26.2 Å². The van der Waals surface area contributed by atoms with Crippen LogP contribution in [0.5, 0.6) is 0 Å². The number of hydrogen-bond donors (Lipinski definition) is 1. The zero-order valence-electron chi connectivity index (χ0n) is 5.11. The maximum absolute atomic E-state index is 10.6. The lowest BCUT2D eigenvalue weighted by Crippen LogP contribution is -2.32. The van der Waals surface area contributed by atoms with Crippen molar-refractivity contribution in [2.45, 2.75) is 31.7 Å². The number of carbonyl (C=O) groups excluding carboxylic acids is 1. The molecule has 0 aromatic carbocycles. The Bertz CT molecular complexity index is 118. The Labute approximate surface area is 49.1 Å². The van der Waals surface area contributed by atoms with Crippen molar-refractivity contribution in [2.24, 2.45) is 5.73 Å². The number of ketones is 1. The number of carbonyl (C=O) groups is 1. The van der Waals surface area contributed by atoms with Gasteiger partial charge in [0.1, 0.15) is 5.78 Å². The van der Waals surface area contributed by atoms with Crippen LogP contribution in [-0.4, -0.2) is 11.3 Å². The normalized spacial score (nSPS) is 38.5. The third kappa shape index (κ3) is 1.07. The van der Waals surface area contributed by atoms with Crippen LogP contribution in [0.2, 0.25) is 0 Å². The molecule has 1 saturated carbocycles. The lowest BCUT2D eigenvalue weighted by Gasteiger charge is -2.13. The summed E-state index contributed by atoms with van der Waals surface area (Å²) in [6, 6.07) is 0. The molecule has 2 nitrogen and oxygen atoms in total. The van der Waals surface area contributed by atoms with Gasteiger partial charge in [0.25, 0.3) is 0 Å². The first kappa shape index (κ1) is 5.76. The van der Waals surface area contributed by atoms with E-state index in [4.69, 9.17) is 5.73 Å². The van der Waals surface area contributed by atoms with Crippen molar-refractivity contribution in [3.63, 3.8) is 0 Å². The van der Waals surface area contributed by atoms with Gasteiger partial charge in [-0.2, -0.15) is 0 Å². The fraction of sp³-hybridized carbons (Fsp3) is 0.833. The van der Waals surface area contributed by atoms with Gasteiger partial charge in [-0.15, -0.1) is 0 Å². The van der Waals surface area contributed by atoms with E-state index in [0.717, 1.165) is 6.42 Å². The van der Waals surface area contributed by atoms with Crippen LogP contribution in [0, 0.1) is 0 Å². The van der Waals surface area contributed by atoms with Gasteiger partial charge in [-0.25, -0.2) is 0 Å².